The molecular formula is C12H20N4O3. The lowest BCUT2D eigenvalue weighted by Gasteiger charge is -2.18. The highest BCUT2D eigenvalue weighted by Gasteiger charge is 2.25. The molecule has 19 heavy (non-hydrogen) atoms. The number of rotatable bonds is 5. The zero-order chi connectivity index (χ0) is 13.8. The fraction of sp³-hybridized carbons (Fsp3) is 0.750. The van der Waals surface area contributed by atoms with Gasteiger partial charge in [0, 0.05) is 0 Å². The molecule has 0 aromatic carbocycles. The molecule has 3 N–H and O–H groups in total. The molecule has 1 fully saturated rings. The van der Waals surface area contributed by atoms with E-state index in [-0.39, 0.29) is 30.4 Å². The third-order valence-corrected chi connectivity index (χ3v) is 3.32. The smallest absolute Gasteiger partial charge is 0.292 e. The van der Waals surface area contributed by atoms with E-state index in [0.29, 0.717) is 5.89 Å². The maximum atomic E-state index is 11.9. The predicted molar refractivity (Wildman–Crippen MR) is 67.5 cm³/mol. The number of amides is 1. The van der Waals surface area contributed by atoms with E-state index >= 15 is 0 Å². The van der Waals surface area contributed by atoms with Crippen molar-refractivity contribution < 1.29 is 14.4 Å². The normalized spacial score (nSPS) is 20.7. The molecule has 1 saturated heterocycles. The van der Waals surface area contributed by atoms with Crippen LogP contribution in [0.4, 0.5) is 0 Å². The van der Waals surface area contributed by atoms with Gasteiger partial charge in [-0.15, -0.1) is 0 Å². The van der Waals surface area contributed by atoms with Crippen LogP contribution in [0, 0.1) is 5.92 Å². The molecule has 2 heterocycles. The Balaban J connectivity index is 1.99. The van der Waals surface area contributed by atoms with Crippen molar-refractivity contribution in [2.24, 2.45) is 5.92 Å². The average molecular weight is 268 g/mol. The Hall–Kier alpha value is -1.47. The summed E-state index contributed by atoms with van der Waals surface area (Å²) in [7, 11) is 0. The molecule has 1 unspecified atom stereocenters. The minimum Gasteiger partial charge on any atom is -0.394 e. The maximum absolute atomic E-state index is 11.9. The SMILES string of the molecule is CC(C)[C@@H](CO)NC(=O)c1noc(C2CCCN2)n1. The number of hydrogen-bond acceptors (Lipinski definition) is 6. The van der Waals surface area contributed by atoms with Gasteiger partial charge in [-0.1, -0.05) is 19.0 Å². The van der Waals surface area contributed by atoms with Crippen LogP contribution in [0.25, 0.3) is 0 Å². The number of aliphatic hydroxyl groups excluding tert-OH is 1. The summed E-state index contributed by atoms with van der Waals surface area (Å²) >= 11 is 0. The monoisotopic (exact) mass is 268 g/mol. The topological polar surface area (TPSA) is 100 Å². The summed E-state index contributed by atoms with van der Waals surface area (Å²) in [6.45, 7) is 4.66. The first-order chi connectivity index (χ1) is 9.11. The molecule has 1 amide bonds. The average Bonchev–Trinajstić information content (AvgIpc) is 3.04. The highest BCUT2D eigenvalue weighted by Crippen LogP contribution is 2.21. The largest absolute Gasteiger partial charge is 0.394 e. The van der Waals surface area contributed by atoms with E-state index in [1.807, 2.05) is 13.8 Å². The van der Waals surface area contributed by atoms with Gasteiger partial charge in [-0.25, -0.2) is 0 Å². The molecule has 2 rings (SSSR count). The molecule has 2 atom stereocenters. The standard InChI is InChI=1S/C12H20N4O3/c1-7(2)9(6-17)14-11(18)10-15-12(19-16-10)8-4-3-5-13-8/h7-9,13,17H,3-6H2,1-2H3,(H,14,18)/t8?,9-/m1/s1. The molecule has 0 bridgehead atoms. The van der Waals surface area contributed by atoms with Gasteiger partial charge in [0.2, 0.25) is 5.89 Å². The van der Waals surface area contributed by atoms with Crippen LogP contribution < -0.4 is 10.6 Å². The van der Waals surface area contributed by atoms with Crippen LogP contribution in [0.5, 0.6) is 0 Å². The van der Waals surface area contributed by atoms with E-state index in [0.717, 1.165) is 19.4 Å². The van der Waals surface area contributed by atoms with Crippen LogP contribution in [0.15, 0.2) is 4.52 Å². The highest BCUT2D eigenvalue weighted by molar-refractivity contribution is 5.90. The lowest BCUT2D eigenvalue weighted by Crippen LogP contribution is -2.41. The minimum atomic E-state index is -0.416. The lowest BCUT2D eigenvalue weighted by molar-refractivity contribution is 0.0883. The van der Waals surface area contributed by atoms with Crippen LogP contribution in [0.3, 0.4) is 0 Å². The van der Waals surface area contributed by atoms with Gasteiger partial charge in [-0.05, 0) is 25.3 Å². The van der Waals surface area contributed by atoms with E-state index in [9.17, 15) is 9.90 Å². The Bertz CT molecular complexity index is 426. The van der Waals surface area contributed by atoms with Crippen LogP contribution in [-0.4, -0.2) is 40.3 Å². The summed E-state index contributed by atoms with van der Waals surface area (Å²) < 4.78 is 5.10. The zero-order valence-electron chi connectivity index (χ0n) is 11.2. The first-order valence-corrected chi connectivity index (χ1v) is 6.60. The molecule has 0 spiro atoms. The van der Waals surface area contributed by atoms with Crippen molar-refractivity contribution >= 4 is 5.91 Å². The second-order valence-electron chi connectivity index (χ2n) is 5.11. The van der Waals surface area contributed by atoms with Crippen LogP contribution in [0.1, 0.15) is 49.2 Å². The predicted octanol–water partition coefficient (Wildman–Crippen LogP) is 0.241. The van der Waals surface area contributed by atoms with E-state index in [2.05, 4.69) is 20.8 Å². The second-order valence-corrected chi connectivity index (χ2v) is 5.11. The number of hydrogen-bond donors (Lipinski definition) is 3. The number of aromatic nitrogens is 2. The molecule has 7 nitrogen and oxygen atoms in total. The zero-order valence-corrected chi connectivity index (χ0v) is 11.2. The lowest BCUT2D eigenvalue weighted by atomic mass is 10.1. The maximum Gasteiger partial charge on any atom is 0.292 e. The number of carbonyl (C=O) groups excluding carboxylic acids is 1. The number of nitrogens with zero attached hydrogens (tertiary/aromatic N) is 2. The van der Waals surface area contributed by atoms with E-state index in [1.165, 1.54) is 0 Å². The highest BCUT2D eigenvalue weighted by atomic mass is 16.5. The van der Waals surface area contributed by atoms with E-state index in [4.69, 9.17) is 4.52 Å². The van der Waals surface area contributed by atoms with Gasteiger partial charge in [0.1, 0.15) is 0 Å². The number of carbonyl (C=O) groups is 1. The first-order valence-electron chi connectivity index (χ1n) is 6.60. The Morgan fingerprint density at radius 2 is 2.42 bits per heavy atom. The first kappa shape index (κ1) is 14.0. The van der Waals surface area contributed by atoms with Crippen molar-refractivity contribution in [2.75, 3.05) is 13.2 Å². The van der Waals surface area contributed by atoms with Crippen molar-refractivity contribution in [1.82, 2.24) is 20.8 Å². The van der Waals surface area contributed by atoms with Gasteiger partial charge >= 0.3 is 0 Å². The summed E-state index contributed by atoms with van der Waals surface area (Å²) in [5, 5.41) is 18.8. The molecule has 1 aliphatic heterocycles. The Kier molecular flexibility index (Phi) is 4.49. The molecule has 0 radical (unpaired) electrons. The summed E-state index contributed by atoms with van der Waals surface area (Å²) in [5.74, 6) is 0.188. The van der Waals surface area contributed by atoms with Crippen LogP contribution >= 0.6 is 0 Å². The Labute approximate surface area is 111 Å². The Morgan fingerprint density at radius 3 is 3.00 bits per heavy atom. The molecule has 7 heteroatoms. The number of aliphatic hydroxyl groups is 1. The van der Waals surface area contributed by atoms with Crippen LogP contribution in [-0.2, 0) is 0 Å². The molecule has 0 aliphatic carbocycles. The van der Waals surface area contributed by atoms with Crippen molar-refractivity contribution in [3.63, 3.8) is 0 Å². The molecule has 0 saturated carbocycles. The van der Waals surface area contributed by atoms with Crippen molar-refractivity contribution in [3.05, 3.63) is 11.7 Å². The van der Waals surface area contributed by atoms with Gasteiger partial charge in [0.25, 0.3) is 11.7 Å². The van der Waals surface area contributed by atoms with Gasteiger partial charge in [0.05, 0.1) is 18.7 Å². The molecule has 1 aromatic rings. The van der Waals surface area contributed by atoms with Crippen molar-refractivity contribution in [3.8, 4) is 0 Å². The third kappa shape index (κ3) is 3.30. The summed E-state index contributed by atoms with van der Waals surface area (Å²) in [6.07, 6.45) is 2.00. The van der Waals surface area contributed by atoms with Crippen molar-refractivity contribution in [1.29, 1.82) is 0 Å². The second kappa shape index (κ2) is 6.12. The van der Waals surface area contributed by atoms with E-state index in [1.54, 1.807) is 0 Å². The summed E-state index contributed by atoms with van der Waals surface area (Å²) in [4.78, 5) is 16.0. The van der Waals surface area contributed by atoms with Crippen LogP contribution in [0.2, 0.25) is 0 Å². The Morgan fingerprint density at radius 1 is 1.63 bits per heavy atom. The van der Waals surface area contributed by atoms with Gasteiger partial charge in [-0.2, -0.15) is 4.98 Å². The summed E-state index contributed by atoms with van der Waals surface area (Å²) in [6, 6.07) is -0.258. The van der Waals surface area contributed by atoms with Crippen molar-refractivity contribution in [2.45, 2.75) is 38.8 Å². The molecule has 1 aliphatic rings. The fourth-order valence-corrected chi connectivity index (χ4v) is 2.02. The quantitative estimate of drug-likeness (QED) is 0.707. The third-order valence-electron chi connectivity index (χ3n) is 3.32. The van der Waals surface area contributed by atoms with Gasteiger partial charge in [-0.3, -0.25) is 4.79 Å². The molecular weight excluding hydrogens is 248 g/mol. The van der Waals surface area contributed by atoms with Gasteiger partial charge < -0.3 is 20.3 Å². The van der Waals surface area contributed by atoms with Gasteiger partial charge in [0.15, 0.2) is 0 Å². The number of nitrogens with one attached hydrogen (secondary N) is 2. The summed E-state index contributed by atoms with van der Waals surface area (Å²) in [5.41, 5.74) is 0. The van der Waals surface area contributed by atoms with E-state index < -0.39 is 5.91 Å². The fourth-order valence-electron chi connectivity index (χ4n) is 2.02. The molecule has 1 aromatic heterocycles. The molecule has 106 valence electrons. The minimum absolute atomic E-state index is 0.0165.